The van der Waals surface area contributed by atoms with Crippen LogP contribution in [0.5, 0.6) is 6.01 Å². The van der Waals surface area contributed by atoms with Gasteiger partial charge in [-0.1, -0.05) is 30.3 Å². The van der Waals surface area contributed by atoms with Crippen molar-refractivity contribution in [3.8, 4) is 12.1 Å². The van der Waals surface area contributed by atoms with Gasteiger partial charge in [-0.15, -0.1) is 0 Å². The number of ether oxygens (including phenoxy) is 2. The van der Waals surface area contributed by atoms with Gasteiger partial charge >= 0.3 is 6.01 Å². The van der Waals surface area contributed by atoms with Gasteiger partial charge in [-0.2, -0.15) is 15.2 Å². The number of aromatic nitrogens is 2. The van der Waals surface area contributed by atoms with Crippen LogP contribution in [0.3, 0.4) is 0 Å². The molecule has 1 amide bonds. The lowest BCUT2D eigenvalue weighted by Gasteiger charge is -2.38. The number of piperazine rings is 1. The van der Waals surface area contributed by atoms with Crippen LogP contribution in [0.2, 0.25) is 0 Å². The monoisotopic (exact) mass is 601 g/mol. The highest BCUT2D eigenvalue weighted by molar-refractivity contribution is 5.97. The van der Waals surface area contributed by atoms with Gasteiger partial charge in [0.25, 0.3) is 0 Å². The number of alkyl halides is 1. The zero-order chi connectivity index (χ0) is 30.9. The predicted molar refractivity (Wildman–Crippen MR) is 169 cm³/mol. The average molecular weight is 602 g/mol. The van der Waals surface area contributed by atoms with Gasteiger partial charge < -0.3 is 29.5 Å². The molecule has 6 rings (SSSR count). The number of morpholine rings is 1. The molecule has 3 aliphatic heterocycles. The molecule has 2 saturated heterocycles. The van der Waals surface area contributed by atoms with Gasteiger partial charge in [-0.3, -0.25) is 4.79 Å². The van der Waals surface area contributed by atoms with E-state index in [9.17, 15) is 9.18 Å². The number of rotatable bonds is 7. The Bertz CT molecular complexity index is 1510. The summed E-state index contributed by atoms with van der Waals surface area (Å²) in [6.45, 7) is 9.45. The number of hydrogen-bond acceptors (Lipinski definition) is 9. The Morgan fingerprint density at radius 2 is 1.93 bits per heavy atom. The maximum atomic E-state index is 12.5. The van der Waals surface area contributed by atoms with Gasteiger partial charge in [0.15, 0.2) is 0 Å². The molecule has 1 atom stereocenters. The first-order valence-electron chi connectivity index (χ1n) is 15.2. The molecule has 2 aromatic carbocycles. The summed E-state index contributed by atoms with van der Waals surface area (Å²) in [5.74, 6) is 0.728. The van der Waals surface area contributed by atoms with Crippen LogP contribution in [0, 0.1) is 18.3 Å². The Morgan fingerprint density at radius 3 is 2.66 bits per heavy atom. The van der Waals surface area contributed by atoms with Crippen LogP contribution in [0.1, 0.15) is 23.7 Å². The number of hydrogen-bond donors (Lipinski definition) is 1. The maximum Gasteiger partial charge on any atom is 0.318 e. The molecule has 3 aliphatic rings. The Kier molecular flexibility index (Phi) is 10.6. The largest absolute Gasteiger partial charge is 0.461 e. The van der Waals surface area contributed by atoms with Gasteiger partial charge in [0, 0.05) is 75.5 Å². The van der Waals surface area contributed by atoms with Crippen molar-refractivity contribution in [2.45, 2.75) is 32.9 Å². The summed E-state index contributed by atoms with van der Waals surface area (Å²) in [5, 5.41) is 13.2. The molecule has 0 saturated carbocycles. The minimum absolute atomic E-state index is 0.0473. The van der Waals surface area contributed by atoms with E-state index >= 15 is 0 Å². The zero-order valence-corrected chi connectivity index (χ0v) is 25.5. The van der Waals surface area contributed by atoms with Crippen LogP contribution in [-0.2, 0) is 22.5 Å². The third kappa shape index (κ3) is 7.26. The molecule has 44 heavy (non-hydrogen) atoms. The van der Waals surface area contributed by atoms with E-state index in [1.807, 2.05) is 0 Å². The number of carbonyl (C=O) groups is 1. The fourth-order valence-corrected chi connectivity index (χ4v) is 5.97. The molecule has 232 valence electrons. The number of amides is 1. The third-order valence-corrected chi connectivity index (χ3v) is 8.10. The summed E-state index contributed by atoms with van der Waals surface area (Å²) in [6, 6.07) is 15.0. The number of benzene rings is 2. The second-order valence-corrected chi connectivity index (χ2v) is 11.0. The van der Waals surface area contributed by atoms with Gasteiger partial charge in [0.1, 0.15) is 25.2 Å². The van der Waals surface area contributed by atoms with Crippen LogP contribution in [0.15, 0.2) is 48.6 Å². The van der Waals surface area contributed by atoms with E-state index in [1.54, 1.807) is 11.0 Å². The van der Waals surface area contributed by atoms with E-state index in [1.165, 1.54) is 41.1 Å². The number of nitrogens with zero attached hydrogens (tertiary/aromatic N) is 6. The van der Waals surface area contributed by atoms with Crippen molar-refractivity contribution in [1.29, 1.82) is 5.26 Å². The predicted octanol–water partition coefficient (Wildman–Crippen LogP) is 3.57. The molecule has 3 aromatic rings. The smallest absolute Gasteiger partial charge is 0.318 e. The molecule has 1 unspecified atom stereocenters. The molecular weight excluding hydrogens is 561 g/mol. The number of nitriles is 1. The van der Waals surface area contributed by atoms with Crippen LogP contribution < -0.4 is 19.9 Å². The average Bonchev–Trinajstić information content (AvgIpc) is 3.06. The molecule has 2 fully saturated rings. The quantitative estimate of drug-likeness (QED) is 0.407. The summed E-state index contributed by atoms with van der Waals surface area (Å²) < 4.78 is 24.5. The summed E-state index contributed by atoms with van der Waals surface area (Å²) in [5.41, 5.74) is 4.57. The van der Waals surface area contributed by atoms with Crippen molar-refractivity contribution >= 4 is 28.2 Å². The Labute approximate surface area is 258 Å². The van der Waals surface area contributed by atoms with E-state index in [0.29, 0.717) is 51.9 Å². The molecule has 11 heteroatoms. The summed E-state index contributed by atoms with van der Waals surface area (Å²) in [6.07, 6.45) is 3.34. The fraction of sp³-hybridized carbons (Fsp3) is 0.455. The lowest BCUT2D eigenvalue weighted by molar-refractivity contribution is -0.126. The fourth-order valence-electron chi connectivity index (χ4n) is 5.97. The van der Waals surface area contributed by atoms with Crippen LogP contribution in [-0.4, -0.2) is 92.6 Å². The first kappa shape index (κ1) is 31.2. The number of halogens is 1. The number of fused-ring (bicyclic) bond motifs is 2. The Morgan fingerprint density at radius 1 is 1.16 bits per heavy atom. The van der Waals surface area contributed by atoms with E-state index < -0.39 is 6.67 Å². The number of aryl methyl sites for hydroxylation is 1. The molecule has 0 radical (unpaired) electrons. The lowest BCUT2D eigenvalue weighted by Crippen LogP contribution is -2.49. The standard InChI is InChI=1S/C31H37FN6O3.C2H3N/c1-22-5-2-6-23-7-3-8-27(29(22)23)38-13-10-25-26(20-38)34-31(41-21-24-19-33-12-18-40-24)35-30(25)37-16-14-36(15-17-37)28(39)9-4-11-32;1-2-3/h2-9,24,33H,10-21H2,1H3;1H3/b9-4+;. The Hall–Kier alpha value is -4.27. The summed E-state index contributed by atoms with van der Waals surface area (Å²) in [7, 11) is 0. The first-order chi connectivity index (χ1) is 21.5. The van der Waals surface area contributed by atoms with Crippen molar-refractivity contribution in [2.24, 2.45) is 0 Å². The van der Waals surface area contributed by atoms with Crippen molar-refractivity contribution in [2.75, 3.05) is 75.5 Å². The van der Waals surface area contributed by atoms with E-state index in [2.05, 4.69) is 58.4 Å². The van der Waals surface area contributed by atoms with Gasteiger partial charge in [-0.25, -0.2) is 4.39 Å². The van der Waals surface area contributed by atoms with E-state index in [0.717, 1.165) is 43.1 Å². The lowest BCUT2D eigenvalue weighted by atomic mass is 9.99. The first-order valence-corrected chi connectivity index (χ1v) is 15.2. The molecule has 0 spiro atoms. The highest BCUT2D eigenvalue weighted by Crippen LogP contribution is 2.35. The third-order valence-electron chi connectivity index (χ3n) is 8.10. The minimum atomic E-state index is -0.640. The molecular formula is C33H40FN7O3. The van der Waals surface area contributed by atoms with E-state index in [4.69, 9.17) is 24.7 Å². The van der Waals surface area contributed by atoms with Crippen LogP contribution in [0.4, 0.5) is 15.9 Å². The second-order valence-electron chi connectivity index (χ2n) is 11.0. The summed E-state index contributed by atoms with van der Waals surface area (Å²) >= 11 is 0. The molecule has 0 aliphatic carbocycles. The molecule has 4 heterocycles. The Balaban J connectivity index is 0.00000123. The highest BCUT2D eigenvalue weighted by Gasteiger charge is 2.29. The van der Waals surface area contributed by atoms with Crippen molar-refractivity contribution in [1.82, 2.24) is 20.2 Å². The number of carbonyl (C=O) groups excluding carboxylic acids is 1. The van der Waals surface area contributed by atoms with E-state index in [-0.39, 0.29) is 12.0 Å². The minimum Gasteiger partial charge on any atom is -0.461 e. The summed E-state index contributed by atoms with van der Waals surface area (Å²) in [4.78, 5) is 28.6. The highest BCUT2D eigenvalue weighted by atomic mass is 19.1. The maximum absolute atomic E-state index is 12.5. The normalized spacial score (nSPS) is 18.4. The number of anilines is 2. The second kappa shape index (κ2) is 14.9. The van der Waals surface area contributed by atoms with Gasteiger partial charge in [0.05, 0.1) is 24.9 Å². The van der Waals surface area contributed by atoms with Crippen molar-refractivity contribution in [3.05, 3.63) is 65.4 Å². The topological polar surface area (TPSA) is 107 Å². The van der Waals surface area contributed by atoms with Crippen molar-refractivity contribution < 1.29 is 18.7 Å². The van der Waals surface area contributed by atoms with Crippen LogP contribution in [0.25, 0.3) is 10.8 Å². The molecule has 1 aromatic heterocycles. The molecule has 10 nitrogen and oxygen atoms in total. The molecule has 0 bridgehead atoms. The van der Waals surface area contributed by atoms with Crippen molar-refractivity contribution in [3.63, 3.8) is 0 Å². The SMILES string of the molecule is CC#N.Cc1cccc2cccc(N3CCc4c(nc(OCC5CNCCO5)nc4N4CCN(C(=O)/C=C/CF)CC4)C3)c12. The molecule has 1 N–H and O–H groups in total. The number of nitrogens with one attached hydrogen (secondary N) is 1. The van der Waals surface area contributed by atoms with Crippen LogP contribution >= 0.6 is 0 Å². The van der Waals surface area contributed by atoms with Gasteiger partial charge in [-0.05, 0) is 36.4 Å². The number of allylic oxidation sites excluding steroid dienone is 1. The van der Waals surface area contributed by atoms with Gasteiger partial charge in [0.2, 0.25) is 5.91 Å². The zero-order valence-electron chi connectivity index (χ0n) is 25.5.